The quantitative estimate of drug-likeness (QED) is 0.783. The molecule has 0 bridgehead atoms. The summed E-state index contributed by atoms with van der Waals surface area (Å²) in [6.07, 6.45) is 3.85. The number of rotatable bonds is 8. The number of carbonyl (C=O) groups excluding carboxylic acids is 2. The third-order valence-corrected chi connectivity index (χ3v) is 2.89. The van der Waals surface area contributed by atoms with Gasteiger partial charge in [0.25, 0.3) is 5.91 Å². The second kappa shape index (κ2) is 8.34. The van der Waals surface area contributed by atoms with Crippen molar-refractivity contribution in [3.8, 4) is 0 Å². The molecule has 0 aliphatic heterocycles. The average Bonchev–Trinajstić information content (AvgIpc) is 2.93. The fourth-order valence-electron chi connectivity index (χ4n) is 1.74. The molecule has 0 spiro atoms. The largest absolute Gasteiger partial charge is 0.459 e. The van der Waals surface area contributed by atoms with Crippen LogP contribution in [-0.4, -0.2) is 36.3 Å². The lowest BCUT2D eigenvalue weighted by atomic mass is 10.3. The molecule has 106 valence electrons. The number of furan rings is 1. The minimum atomic E-state index is -0.283. The second-order valence-electron chi connectivity index (χ2n) is 4.31. The van der Waals surface area contributed by atoms with Gasteiger partial charge in [0.05, 0.1) is 6.26 Å². The molecule has 0 saturated heterocycles. The van der Waals surface area contributed by atoms with Crippen molar-refractivity contribution in [3.63, 3.8) is 0 Å². The molecule has 0 fully saturated rings. The normalized spacial score (nSPS) is 10.2. The Balaban J connectivity index is 2.27. The minimum Gasteiger partial charge on any atom is -0.459 e. The van der Waals surface area contributed by atoms with Gasteiger partial charge < -0.3 is 14.6 Å². The summed E-state index contributed by atoms with van der Waals surface area (Å²) in [5.74, 6) is 0.0656. The molecule has 19 heavy (non-hydrogen) atoms. The summed E-state index contributed by atoms with van der Waals surface area (Å²) in [4.78, 5) is 25.3. The molecule has 0 aliphatic rings. The van der Waals surface area contributed by atoms with Crippen molar-refractivity contribution in [1.29, 1.82) is 0 Å². The van der Waals surface area contributed by atoms with Gasteiger partial charge in [0.15, 0.2) is 5.76 Å². The van der Waals surface area contributed by atoms with Gasteiger partial charge in [0.1, 0.15) is 0 Å². The lowest BCUT2D eigenvalue weighted by Gasteiger charge is -2.20. The summed E-state index contributed by atoms with van der Waals surface area (Å²) in [6, 6.07) is 3.25. The molecule has 0 radical (unpaired) electrons. The van der Waals surface area contributed by atoms with Crippen molar-refractivity contribution >= 4 is 11.8 Å². The Morgan fingerprint density at radius 3 is 2.74 bits per heavy atom. The summed E-state index contributed by atoms with van der Waals surface area (Å²) in [5.41, 5.74) is 0. The van der Waals surface area contributed by atoms with E-state index in [4.69, 9.17) is 4.42 Å². The van der Waals surface area contributed by atoms with Crippen LogP contribution in [-0.2, 0) is 4.79 Å². The third kappa shape index (κ3) is 5.16. The Labute approximate surface area is 114 Å². The van der Waals surface area contributed by atoms with Crippen molar-refractivity contribution in [3.05, 3.63) is 24.2 Å². The van der Waals surface area contributed by atoms with Gasteiger partial charge in [0, 0.05) is 26.1 Å². The van der Waals surface area contributed by atoms with Crippen molar-refractivity contribution in [2.75, 3.05) is 19.6 Å². The molecule has 1 aromatic rings. The third-order valence-electron chi connectivity index (χ3n) is 2.89. The fraction of sp³-hybridized carbons (Fsp3) is 0.571. The van der Waals surface area contributed by atoms with Crippen LogP contribution < -0.4 is 5.32 Å². The van der Waals surface area contributed by atoms with E-state index in [1.807, 2.05) is 11.8 Å². The number of unbranched alkanes of at least 4 members (excludes halogenated alkanes) is 1. The van der Waals surface area contributed by atoms with E-state index in [-0.39, 0.29) is 17.6 Å². The van der Waals surface area contributed by atoms with Crippen LogP contribution in [0.3, 0.4) is 0 Å². The summed E-state index contributed by atoms with van der Waals surface area (Å²) >= 11 is 0. The van der Waals surface area contributed by atoms with E-state index in [9.17, 15) is 9.59 Å². The van der Waals surface area contributed by atoms with Crippen LogP contribution in [0.2, 0.25) is 0 Å². The van der Waals surface area contributed by atoms with E-state index >= 15 is 0 Å². The SMILES string of the molecule is CCCCN(CC)C(=O)CCNC(=O)c1ccco1. The molecule has 1 aromatic heterocycles. The number of hydrogen-bond donors (Lipinski definition) is 1. The van der Waals surface area contributed by atoms with E-state index in [0.717, 1.165) is 19.4 Å². The number of amides is 2. The molecule has 1 N–H and O–H groups in total. The zero-order valence-electron chi connectivity index (χ0n) is 11.6. The number of hydrogen-bond acceptors (Lipinski definition) is 3. The first-order chi connectivity index (χ1) is 9.19. The highest BCUT2D eigenvalue weighted by atomic mass is 16.3. The Bertz CT molecular complexity index is 387. The highest BCUT2D eigenvalue weighted by Crippen LogP contribution is 2.00. The van der Waals surface area contributed by atoms with Gasteiger partial charge in [-0.1, -0.05) is 13.3 Å². The molecule has 0 aliphatic carbocycles. The lowest BCUT2D eigenvalue weighted by Crippen LogP contribution is -2.35. The highest BCUT2D eigenvalue weighted by Gasteiger charge is 2.12. The van der Waals surface area contributed by atoms with Crippen LogP contribution in [0.5, 0.6) is 0 Å². The van der Waals surface area contributed by atoms with E-state index in [2.05, 4.69) is 12.2 Å². The maximum absolute atomic E-state index is 11.9. The van der Waals surface area contributed by atoms with Crippen LogP contribution in [0.4, 0.5) is 0 Å². The van der Waals surface area contributed by atoms with Crippen LogP contribution in [0, 0.1) is 0 Å². The van der Waals surface area contributed by atoms with Gasteiger partial charge in [-0.15, -0.1) is 0 Å². The Morgan fingerprint density at radius 1 is 1.37 bits per heavy atom. The van der Waals surface area contributed by atoms with Crippen LogP contribution in [0.15, 0.2) is 22.8 Å². The summed E-state index contributed by atoms with van der Waals surface area (Å²) < 4.78 is 4.97. The molecule has 5 heteroatoms. The van der Waals surface area contributed by atoms with Crippen LogP contribution in [0.25, 0.3) is 0 Å². The number of carbonyl (C=O) groups is 2. The van der Waals surface area contributed by atoms with Crippen molar-refractivity contribution in [2.24, 2.45) is 0 Å². The van der Waals surface area contributed by atoms with Gasteiger partial charge in [-0.25, -0.2) is 0 Å². The second-order valence-corrected chi connectivity index (χ2v) is 4.31. The summed E-state index contributed by atoms with van der Waals surface area (Å²) in [6.45, 7) is 5.90. The van der Waals surface area contributed by atoms with E-state index in [0.29, 0.717) is 19.5 Å². The zero-order chi connectivity index (χ0) is 14.1. The van der Waals surface area contributed by atoms with E-state index < -0.39 is 0 Å². The smallest absolute Gasteiger partial charge is 0.286 e. The Morgan fingerprint density at radius 2 is 2.16 bits per heavy atom. The van der Waals surface area contributed by atoms with Gasteiger partial charge >= 0.3 is 0 Å². The predicted octanol–water partition coefficient (Wildman–Crippen LogP) is 2.05. The van der Waals surface area contributed by atoms with Gasteiger partial charge in [-0.05, 0) is 25.5 Å². The molecule has 1 rings (SSSR count). The molecule has 0 atom stereocenters. The lowest BCUT2D eigenvalue weighted by molar-refractivity contribution is -0.130. The zero-order valence-corrected chi connectivity index (χ0v) is 11.6. The average molecular weight is 266 g/mol. The van der Waals surface area contributed by atoms with E-state index in [1.165, 1.54) is 6.26 Å². The number of nitrogens with zero attached hydrogens (tertiary/aromatic N) is 1. The Kier molecular flexibility index (Phi) is 6.71. The first-order valence-electron chi connectivity index (χ1n) is 6.78. The van der Waals surface area contributed by atoms with E-state index in [1.54, 1.807) is 12.1 Å². The van der Waals surface area contributed by atoms with Crippen molar-refractivity contribution < 1.29 is 14.0 Å². The Hall–Kier alpha value is -1.78. The topological polar surface area (TPSA) is 62.6 Å². The molecule has 1 heterocycles. The molecular formula is C14H22N2O3. The molecule has 0 unspecified atom stereocenters. The molecule has 2 amide bonds. The van der Waals surface area contributed by atoms with Crippen molar-refractivity contribution in [1.82, 2.24) is 10.2 Å². The maximum Gasteiger partial charge on any atom is 0.286 e. The van der Waals surface area contributed by atoms with Gasteiger partial charge in [-0.2, -0.15) is 0 Å². The number of nitrogens with one attached hydrogen (secondary N) is 1. The first-order valence-corrected chi connectivity index (χ1v) is 6.78. The standard InChI is InChI=1S/C14H22N2O3/c1-3-5-10-16(4-2)13(17)8-9-15-14(18)12-7-6-11-19-12/h6-7,11H,3-5,8-10H2,1-2H3,(H,15,18). The minimum absolute atomic E-state index is 0.0793. The monoisotopic (exact) mass is 266 g/mol. The van der Waals surface area contributed by atoms with Gasteiger partial charge in [-0.3, -0.25) is 9.59 Å². The fourth-order valence-corrected chi connectivity index (χ4v) is 1.74. The molecular weight excluding hydrogens is 244 g/mol. The van der Waals surface area contributed by atoms with Crippen LogP contribution in [0.1, 0.15) is 43.7 Å². The maximum atomic E-state index is 11.9. The highest BCUT2D eigenvalue weighted by molar-refractivity contribution is 5.91. The van der Waals surface area contributed by atoms with Gasteiger partial charge in [0.2, 0.25) is 5.91 Å². The summed E-state index contributed by atoms with van der Waals surface area (Å²) in [5, 5.41) is 2.67. The first kappa shape index (κ1) is 15.3. The molecule has 0 saturated carbocycles. The van der Waals surface area contributed by atoms with Crippen molar-refractivity contribution in [2.45, 2.75) is 33.1 Å². The van der Waals surface area contributed by atoms with Crippen LogP contribution >= 0.6 is 0 Å². The molecule has 0 aromatic carbocycles. The molecule has 5 nitrogen and oxygen atoms in total. The predicted molar refractivity (Wildman–Crippen MR) is 72.8 cm³/mol. The summed E-state index contributed by atoms with van der Waals surface area (Å²) in [7, 11) is 0.